The molecule has 0 heterocycles. The number of ether oxygens (including phenoxy) is 4. The zero-order valence-electron chi connectivity index (χ0n) is 19.4. The molecule has 0 fully saturated rings. The highest BCUT2D eigenvalue weighted by molar-refractivity contribution is 5.80. The van der Waals surface area contributed by atoms with E-state index in [4.69, 9.17) is 18.9 Å². The molecule has 2 N–H and O–H groups in total. The predicted molar refractivity (Wildman–Crippen MR) is 113 cm³/mol. The number of benzene rings is 1. The molecule has 178 valence electrons. The van der Waals surface area contributed by atoms with Crippen molar-refractivity contribution < 1.29 is 43.2 Å². The number of carbonyl (C=O) groups is 4. The van der Waals surface area contributed by atoms with Gasteiger partial charge in [-0.05, 0) is 37.0 Å². The van der Waals surface area contributed by atoms with Crippen LogP contribution in [-0.2, 0) is 30.3 Å². The Morgan fingerprint density at radius 2 is 1.56 bits per heavy atom. The van der Waals surface area contributed by atoms with E-state index in [0.717, 1.165) is 0 Å². The second-order valence-corrected chi connectivity index (χ2v) is 8.78. The largest absolute Gasteiger partial charge is 0.510 e. The smallest absolute Gasteiger partial charge is 0.477 e. The zero-order valence-corrected chi connectivity index (χ0v) is 19.4. The molecule has 32 heavy (non-hydrogen) atoms. The van der Waals surface area contributed by atoms with E-state index in [1.165, 1.54) is 32.0 Å². The maximum absolute atomic E-state index is 12.3. The number of carboxylic acid groups (broad SMARTS) is 1. The van der Waals surface area contributed by atoms with Crippen molar-refractivity contribution in [1.29, 1.82) is 0 Å². The summed E-state index contributed by atoms with van der Waals surface area (Å²) in [6.45, 7) is 11.3. The van der Waals surface area contributed by atoms with E-state index in [9.17, 15) is 24.3 Å². The van der Waals surface area contributed by atoms with Gasteiger partial charge in [0.25, 0.3) is 5.72 Å². The Labute approximate surface area is 187 Å². The minimum Gasteiger partial charge on any atom is -0.477 e. The zero-order chi connectivity index (χ0) is 24.7. The van der Waals surface area contributed by atoms with Crippen molar-refractivity contribution in [2.75, 3.05) is 6.61 Å². The molecule has 0 amide bonds. The Balaban J connectivity index is 3.31. The molecule has 0 aliphatic rings. The molecular weight excluding hydrogens is 422 g/mol. The fourth-order valence-electron chi connectivity index (χ4n) is 2.63. The van der Waals surface area contributed by atoms with Gasteiger partial charge in [-0.3, -0.25) is 14.9 Å². The summed E-state index contributed by atoms with van der Waals surface area (Å²) < 4.78 is 20.4. The van der Waals surface area contributed by atoms with Crippen LogP contribution in [0.5, 0.6) is 11.5 Å². The molecule has 0 unspecified atom stereocenters. The standard InChI is InChI=1S/C22H31NO9/c1-13(2)23-22(19(26)27,32-20(28)29-12-21(5,6)7)11-16-8-9-17(30-14(3)24)18(10-16)31-15(4)25/h8-10,13,23H,11-12H2,1-7H3,(H,26,27)/t22-/m0/s1. The van der Waals surface area contributed by atoms with Crippen molar-refractivity contribution in [1.82, 2.24) is 5.32 Å². The number of carboxylic acids is 1. The summed E-state index contributed by atoms with van der Waals surface area (Å²) in [5.74, 6) is -2.83. The molecule has 0 aliphatic heterocycles. The second-order valence-electron chi connectivity index (χ2n) is 8.78. The van der Waals surface area contributed by atoms with Crippen LogP contribution in [0.2, 0.25) is 0 Å². The number of aliphatic carboxylic acids is 1. The molecule has 0 bridgehead atoms. The first-order chi connectivity index (χ1) is 14.6. The summed E-state index contributed by atoms with van der Waals surface area (Å²) in [6.07, 6.45) is -1.48. The van der Waals surface area contributed by atoms with Crippen LogP contribution in [0, 0.1) is 5.41 Å². The van der Waals surface area contributed by atoms with E-state index in [-0.39, 0.29) is 36.0 Å². The monoisotopic (exact) mass is 453 g/mol. The maximum Gasteiger partial charge on any atom is 0.510 e. The van der Waals surface area contributed by atoms with E-state index in [1.54, 1.807) is 13.8 Å². The molecular formula is C22H31NO9. The molecule has 1 rings (SSSR count). The summed E-state index contributed by atoms with van der Waals surface area (Å²) in [4.78, 5) is 47.3. The average Bonchev–Trinajstić information content (AvgIpc) is 2.60. The average molecular weight is 453 g/mol. The Hall–Kier alpha value is -3.14. The quantitative estimate of drug-likeness (QED) is 0.326. The highest BCUT2D eigenvalue weighted by Gasteiger charge is 2.44. The maximum atomic E-state index is 12.3. The van der Waals surface area contributed by atoms with Crippen molar-refractivity contribution in [3.05, 3.63) is 23.8 Å². The molecule has 0 radical (unpaired) electrons. The van der Waals surface area contributed by atoms with Crippen LogP contribution >= 0.6 is 0 Å². The third-order valence-corrected chi connectivity index (χ3v) is 3.72. The molecule has 0 spiro atoms. The van der Waals surface area contributed by atoms with E-state index >= 15 is 0 Å². The van der Waals surface area contributed by atoms with Crippen molar-refractivity contribution in [2.45, 2.75) is 66.7 Å². The highest BCUT2D eigenvalue weighted by Crippen LogP contribution is 2.31. The van der Waals surface area contributed by atoms with Crippen LogP contribution in [0.25, 0.3) is 0 Å². The number of rotatable bonds is 9. The van der Waals surface area contributed by atoms with Crippen LogP contribution < -0.4 is 14.8 Å². The topological polar surface area (TPSA) is 137 Å². The SMILES string of the molecule is CC(=O)Oc1ccc(C[C@](NC(C)C)(OC(=O)OCC(C)(C)C)C(=O)O)cc1OC(C)=O. The Kier molecular flexibility index (Phi) is 9.20. The molecule has 0 saturated carbocycles. The molecule has 1 aromatic rings. The van der Waals surface area contributed by atoms with Gasteiger partial charge in [-0.15, -0.1) is 0 Å². The summed E-state index contributed by atoms with van der Waals surface area (Å²) in [7, 11) is 0. The summed E-state index contributed by atoms with van der Waals surface area (Å²) in [6, 6.07) is 3.78. The van der Waals surface area contributed by atoms with Crippen molar-refractivity contribution >= 4 is 24.1 Å². The molecule has 1 atom stereocenters. The van der Waals surface area contributed by atoms with Crippen molar-refractivity contribution in [3.63, 3.8) is 0 Å². The van der Waals surface area contributed by atoms with Gasteiger partial charge in [0.05, 0.1) is 6.61 Å². The van der Waals surface area contributed by atoms with Gasteiger partial charge in [-0.2, -0.15) is 0 Å². The van der Waals surface area contributed by atoms with Crippen LogP contribution in [0.4, 0.5) is 4.79 Å². The van der Waals surface area contributed by atoms with E-state index in [0.29, 0.717) is 5.56 Å². The lowest BCUT2D eigenvalue weighted by molar-refractivity contribution is -0.167. The number of hydrogen-bond acceptors (Lipinski definition) is 9. The first kappa shape index (κ1) is 26.9. The van der Waals surface area contributed by atoms with Crippen molar-refractivity contribution in [3.8, 4) is 11.5 Å². The summed E-state index contributed by atoms with van der Waals surface area (Å²) in [5.41, 5.74) is -2.18. The number of hydrogen-bond donors (Lipinski definition) is 2. The fraction of sp³-hybridized carbons (Fsp3) is 0.545. The van der Waals surface area contributed by atoms with Crippen molar-refractivity contribution in [2.24, 2.45) is 5.41 Å². The number of nitrogens with one attached hydrogen (secondary N) is 1. The van der Waals surface area contributed by atoms with Crippen LogP contribution in [0.15, 0.2) is 18.2 Å². The van der Waals surface area contributed by atoms with Gasteiger partial charge in [0, 0.05) is 26.3 Å². The van der Waals surface area contributed by atoms with Crippen LogP contribution in [0.3, 0.4) is 0 Å². The molecule has 0 aliphatic carbocycles. The van der Waals surface area contributed by atoms with Gasteiger partial charge in [-0.25, -0.2) is 9.59 Å². The van der Waals surface area contributed by atoms with Gasteiger partial charge in [0.1, 0.15) is 0 Å². The van der Waals surface area contributed by atoms with Gasteiger partial charge < -0.3 is 24.1 Å². The lowest BCUT2D eigenvalue weighted by atomic mass is 9.99. The predicted octanol–water partition coefficient (Wildman–Crippen LogP) is 3.06. The summed E-state index contributed by atoms with van der Waals surface area (Å²) >= 11 is 0. The second kappa shape index (κ2) is 10.9. The lowest BCUT2D eigenvalue weighted by Gasteiger charge is -2.32. The Morgan fingerprint density at radius 1 is 1.00 bits per heavy atom. The van der Waals surface area contributed by atoms with Crippen LogP contribution in [-0.4, -0.2) is 47.5 Å². The third-order valence-electron chi connectivity index (χ3n) is 3.72. The van der Waals surface area contributed by atoms with E-state index in [1.807, 2.05) is 20.8 Å². The third kappa shape index (κ3) is 8.93. The molecule has 1 aromatic carbocycles. The van der Waals surface area contributed by atoms with Gasteiger partial charge >= 0.3 is 24.1 Å². The number of carbonyl (C=O) groups excluding carboxylic acids is 3. The first-order valence-corrected chi connectivity index (χ1v) is 10.00. The highest BCUT2D eigenvalue weighted by atomic mass is 16.7. The van der Waals surface area contributed by atoms with Gasteiger partial charge in [0.2, 0.25) is 0 Å². The molecule has 10 nitrogen and oxygen atoms in total. The van der Waals surface area contributed by atoms with Gasteiger partial charge in [0.15, 0.2) is 11.5 Å². The van der Waals surface area contributed by atoms with E-state index < -0.39 is 29.8 Å². The Bertz CT molecular complexity index is 857. The minimum atomic E-state index is -2.17. The minimum absolute atomic E-state index is 0.0142. The molecule has 10 heteroatoms. The molecule has 0 saturated heterocycles. The first-order valence-electron chi connectivity index (χ1n) is 10.00. The normalized spacial score (nSPS) is 13.1. The van der Waals surface area contributed by atoms with Gasteiger partial charge in [-0.1, -0.05) is 26.8 Å². The number of esters is 2. The fourth-order valence-corrected chi connectivity index (χ4v) is 2.63. The Morgan fingerprint density at radius 3 is 2.03 bits per heavy atom. The van der Waals surface area contributed by atoms with Crippen LogP contribution in [0.1, 0.15) is 54.0 Å². The molecule has 0 aromatic heterocycles. The lowest BCUT2D eigenvalue weighted by Crippen LogP contribution is -2.59. The summed E-state index contributed by atoms with van der Waals surface area (Å²) in [5, 5.41) is 12.7. The van der Waals surface area contributed by atoms with E-state index in [2.05, 4.69) is 5.32 Å².